The van der Waals surface area contributed by atoms with E-state index in [4.69, 9.17) is 28.4 Å². The van der Waals surface area contributed by atoms with Crippen LogP contribution in [0.25, 0.3) is 0 Å². The molecule has 5 aromatic rings. The van der Waals surface area contributed by atoms with E-state index in [1.54, 1.807) is 24.3 Å². The Hall–Kier alpha value is -4.50. The van der Waals surface area contributed by atoms with Crippen molar-refractivity contribution in [3.63, 3.8) is 0 Å². The standard InChI is InChI=1S/C40H40O7/c41-34-21-23-35(24-22-34)46-40-39(45-28-33-19-11-4-12-20-33)38(44-27-32-17-9-3-10-18-32)37(43-26-31-15-7-2-8-16-31)36(47-40)29-42-25-30-13-5-1-6-14-30/h1-24,36-41H,25-29H2/t36-,37-,38+,39+,40+/m1/s1. The first-order valence-corrected chi connectivity index (χ1v) is 15.9. The lowest BCUT2D eigenvalue weighted by atomic mass is 9.97. The van der Waals surface area contributed by atoms with E-state index in [-0.39, 0.29) is 12.4 Å². The van der Waals surface area contributed by atoms with Crippen molar-refractivity contribution in [2.75, 3.05) is 6.61 Å². The lowest BCUT2D eigenvalue weighted by Gasteiger charge is -2.45. The zero-order chi connectivity index (χ0) is 32.1. The fourth-order valence-corrected chi connectivity index (χ4v) is 5.50. The number of hydrogen-bond acceptors (Lipinski definition) is 7. The van der Waals surface area contributed by atoms with Gasteiger partial charge in [-0.15, -0.1) is 0 Å². The van der Waals surface area contributed by atoms with Crippen LogP contribution in [0.15, 0.2) is 146 Å². The summed E-state index contributed by atoms with van der Waals surface area (Å²) in [6.45, 7) is 1.66. The molecule has 47 heavy (non-hydrogen) atoms. The van der Waals surface area contributed by atoms with Gasteiger partial charge in [0.1, 0.15) is 35.9 Å². The van der Waals surface area contributed by atoms with Crippen LogP contribution in [-0.2, 0) is 50.1 Å². The summed E-state index contributed by atoms with van der Waals surface area (Å²) in [6, 6.07) is 46.6. The summed E-state index contributed by atoms with van der Waals surface area (Å²) in [7, 11) is 0. The maximum absolute atomic E-state index is 9.90. The number of ether oxygens (including phenoxy) is 6. The van der Waals surface area contributed by atoms with Crippen LogP contribution in [0.1, 0.15) is 22.3 Å². The molecule has 0 saturated carbocycles. The summed E-state index contributed by atoms with van der Waals surface area (Å²) in [5.41, 5.74) is 4.12. The van der Waals surface area contributed by atoms with E-state index in [0.29, 0.717) is 32.2 Å². The van der Waals surface area contributed by atoms with Gasteiger partial charge in [0, 0.05) is 0 Å². The average Bonchev–Trinajstić information content (AvgIpc) is 3.12. The van der Waals surface area contributed by atoms with E-state index < -0.39 is 30.7 Å². The summed E-state index contributed by atoms with van der Waals surface area (Å²) in [4.78, 5) is 0. The van der Waals surface area contributed by atoms with Crippen LogP contribution in [0.2, 0.25) is 0 Å². The molecule has 0 unspecified atom stereocenters. The Kier molecular flexibility index (Phi) is 11.7. The lowest BCUT2D eigenvalue weighted by Crippen LogP contribution is -2.62. The number of phenols is 1. The molecule has 0 bridgehead atoms. The first kappa shape index (κ1) is 32.4. The molecule has 0 aliphatic carbocycles. The second kappa shape index (κ2) is 16.9. The fourth-order valence-electron chi connectivity index (χ4n) is 5.50. The molecular weight excluding hydrogens is 592 g/mol. The minimum absolute atomic E-state index is 0.143. The Morgan fingerprint density at radius 2 is 0.894 bits per heavy atom. The van der Waals surface area contributed by atoms with Crippen LogP contribution in [-0.4, -0.2) is 42.4 Å². The molecule has 7 heteroatoms. The van der Waals surface area contributed by atoms with Crippen molar-refractivity contribution < 1.29 is 33.5 Å². The third-order valence-corrected chi connectivity index (χ3v) is 7.93. The van der Waals surface area contributed by atoms with Gasteiger partial charge in [0.15, 0.2) is 0 Å². The summed E-state index contributed by atoms with van der Waals surface area (Å²) < 4.78 is 39.5. The van der Waals surface area contributed by atoms with Crippen LogP contribution in [0.5, 0.6) is 11.5 Å². The number of aromatic hydroxyl groups is 1. The summed E-state index contributed by atoms with van der Waals surface area (Å²) >= 11 is 0. The van der Waals surface area contributed by atoms with Crippen molar-refractivity contribution in [3.8, 4) is 11.5 Å². The molecule has 6 rings (SSSR count). The highest BCUT2D eigenvalue weighted by molar-refractivity contribution is 5.30. The molecule has 5 aromatic carbocycles. The third kappa shape index (κ3) is 9.51. The first-order chi connectivity index (χ1) is 23.2. The first-order valence-electron chi connectivity index (χ1n) is 15.9. The monoisotopic (exact) mass is 632 g/mol. The van der Waals surface area contributed by atoms with E-state index in [2.05, 4.69) is 0 Å². The molecule has 0 aromatic heterocycles. The molecule has 1 fully saturated rings. The van der Waals surface area contributed by atoms with Gasteiger partial charge >= 0.3 is 0 Å². The molecule has 7 nitrogen and oxygen atoms in total. The third-order valence-electron chi connectivity index (χ3n) is 7.93. The maximum Gasteiger partial charge on any atom is 0.229 e. The average molecular weight is 633 g/mol. The molecule has 1 N–H and O–H groups in total. The van der Waals surface area contributed by atoms with Gasteiger partial charge in [-0.25, -0.2) is 0 Å². The number of rotatable bonds is 15. The van der Waals surface area contributed by atoms with Gasteiger partial charge in [0.05, 0.1) is 33.0 Å². The van der Waals surface area contributed by atoms with Crippen molar-refractivity contribution in [1.29, 1.82) is 0 Å². The zero-order valence-corrected chi connectivity index (χ0v) is 26.2. The normalized spacial score (nSPS) is 20.9. The second-order valence-electron chi connectivity index (χ2n) is 11.4. The molecule has 242 valence electrons. The smallest absolute Gasteiger partial charge is 0.229 e. The van der Waals surface area contributed by atoms with Crippen LogP contribution in [0, 0.1) is 0 Å². The van der Waals surface area contributed by atoms with E-state index in [0.717, 1.165) is 22.3 Å². The van der Waals surface area contributed by atoms with Crippen molar-refractivity contribution >= 4 is 0 Å². The summed E-state index contributed by atoms with van der Waals surface area (Å²) in [5.74, 6) is 0.667. The van der Waals surface area contributed by atoms with E-state index in [1.165, 1.54) is 0 Å². The Bertz CT molecular complexity index is 1580. The molecule has 1 aliphatic rings. The fraction of sp³-hybridized carbons (Fsp3) is 0.250. The van der Waals surface area contributed by atoms with Crippen molar-refractivity contribution in [2.24, 2.45) is 0 Å². The molecular formula is C40H40O7. The second-order valence-corrected chi connectivity index (χ2v) is 11.4. The predicted octanol–water partition coefficient (Wildman–Crippen LogP) is 7.47. The highest BCUT2D eigenvalue weighted by Gasteiger charge is 2.49. The van der Waals surface area contributed by atoms with Gasteiger partial charge in [-0.3, -0.25) is 0 Å². The van der Waals surface area contributed by atoms with Gasteiger partial charge in [0.25, 0.3) is 0 Å². The number of hydrogen-bond donors (Lipinski definition) is 1. The van der Waals surface area contributed by atoms with E-state index >= 15 is 0 Å². The molecule has 0 radical (unpaired) electrons. The van der Waals surface area contributed by atoms with Crippen molar-refractivity contribution in [1.82, 2.24) is 0 Å². The summed E-state index contributed by atoms with van der Waals surface area (Å²) in [6.07, 6.45) is -3.26. The van der Waals surface area contributed by atoms with Gasteiger partial charge in [-0.1, -0.05) is 121 Å². The van der Waals surface area contributed by atoms with Gasteiger partial charge in [-0.2, -0.15) is 0 Å². The molecule has 1 heterocycles. The van der Waals surface area contributed by atoms with Crippen LogP contribution < -0.4 is 4.74 Å². The summed E-state index contributed by atoms with van der Waals surface area (Å²) in [5, 5.41) is 9.90. The maximum atomic E-state index is 9.90. The zero-order valence-electron chi connectivity index (χ0n) is 26.2. The van der Waals surface area contributed by atoms with Crippen LogP contribution in [0.3, 0.4) is 0 Å². The number of benzene rings is 5. The SMILES string of the molecule is Oc1ccc(O[C@H]2O[C@H](COCc3ccccc3)[C@@H](OCc3ccccc3)[C@H](OCc3ccccc3)[C@@H]2OCc2ccccc2)cc1. The Morgan fingerprint density at radius 1 is 0.468 bits per heavy atom. The minimum atomic E-state index is -0.870. The minimum Gasteiger partial charge on any atom is -0.508 e. The number of phenolic OH excluding ortho intramolecular Hbond substituents is 1. The van der Waals surface area contributed by atoms with Crippen molar-refractivity contribution in [2.45, 2.75) is 57.1 Å². The highest BCUT2D eigenvalue weighted by Crippen LogP contribution is 2.33. The van der Waals surface area contributed by atoms with Gasteiger partial charge in [-0.05, 0) is 46.5 Å². The topological polar surface area (TPSA) is 75.6 Å². The van der Waals surface area contributed by atoms with Gasteiger partial charge in [0.2, 0.25) is 6.29 Å². The quantitative estimate of drug-likeness (QED) is 0.128. The van der Waals surface area contributed by atoms with Crippen LogP contribution >= 0.6 is 0 Å². The largest absolute Gasteiger partial charge is 0.508 e. The van der Waals surface area contributed by atoms with Gasteiger partial charge < -0.3 is 33.5 Å². The molecule has 1 saturated heterocycles. The molecule has 5 atom stereocenters. The van der Waals surface area contributed by atoms with E-state index in [1.807, 2.05) is 121 Å². The molecule has 0 spiro atoms. The molecule has 1 aliphatic heterocycles. The Morgan fingerprint density at radius 3 is 1.38 bits per heavy atom. The predicted molar refractivity (Wildman–Crippen MR) is 179 cm³/mol. The molecule has 0 amide bonds. The van der Waals surface area contributed by atoms with E-state index in [9.17, 15) is 5.11 Å². The lowest BCUT2D eigenvalue weighted by molar-refractivity contribution is -0.310. The van der Waals surface area contributed by atoms with Crippen molar-refractivity contribution in [3.05, 3.63) is 168 Å². The Balaban J connectivity index is 1.31. The highest BCUT2D eigenvalue weighted by atomic mass is 16.7. The van der Waals surface area contributed by atoms with Crippen LogP contribution in [0.4, 0.5) is 0 Å². The Labute approximate surface area is 276 Å².